The molecule has 0 spiro atoms. The second-order valence-electron chi connectivity index (χ2n) is 3.61. The second-order valence-corrected chi connectivity index (χ2v) is 4.46. The van der Waals surface area contributed by atoms with E-state index in [-0.39, 0.29) is 0 Å². The molecule has 0 aliphatic heterocycles. The van der Waals surface area contributed by atoms with Crippen molar-refractivity contribution in [2.45, 2.75) is 19.8 Å². The van der Waals surface area contributed by atoms with Crippen molar-refractivity contribution in [1.29, 1.82) is 0 Å². The lowest BCUT2D eigenvalue weighted by Gasteiger charge is -2.08. The third-order valence-electron chi connectivity index (χ3n) is 2.22. The SMILES string of the molecule is COCCCCNc1ccc(C)cc1Br. The lowest BCUT2D eigenvalue weighted by Crippen LogP contribution is -2.03. The molecule has 15 heavy (non-hydrogen) atoms. The molecule has 2 nitrogen and oxygen atoms in total. The number of unbranched alkanes of at least 4 members (excludes halogenated alkanes) is 1. The molecule has 0 aliphatic carbocycles. The van der Waals surface area contributed by atoms with Gasteiger partial charge in [0, 0.05) is 30.4 Å². The maximum absolute atomic E-state index is 5.00. The van der Waals surface area contributed by atoms with Crippen LogP contribution in [-0.2, 0) is 4.74 Å². The molecule has 0 bridgehead atoms. The van der Waals surface area contributed by atoms with E-state index >= 15 is 0 Å². The van der Waals surface area contributed by atoms with Crippen LogP contribution in [0.1, 0.15) is 18.4 Å². The maximum atomic E-state index is 5.00. The van der Waals surface area contributed by atoms with Gasteiger partial charge in [-0.15, -0.1) is 0 Å². The van der Waals surface area contributed by atoms with E-state index in [1.807, 2.05) is 0 Å². The van der Waals surface area contributed by atoms with E-state index in [0.29, 0.717) is 0 Å². The van der Waals surface area contributed by atoms with E-state index in [1.165, 1.54) is 5.56 Å². The molecule has 0 aromatic heterocycles. The minimum absolute atomic E-state index is 0.844. The molecule has 3 heteroatoms. The number of methoxy groups -OCH3 is 1. The van der Waals surface area contributed by atoms with Crippen LogP contribution in [-0.4, -0.2) is 20.3 Å². The number of hydrogen-bond donors (Lipinski definition) is 1. The van der Waals surface area contributed by atoms with Gasteiger partial charge >= 0.3 is 0 Å². The summed E-state index contributed by atoms with van der Waals surface area (Å²) in [5.74, 6) is 0. The molecule has 1 aromatic rings. The van der Waals surface area contributed by atoms with Crippen molar-refractivity contribution in [2.75, 3.05) is 25.6 Å². The molecule has 0 heterocycles. The van der Waals surface area contributed by atoms with E-state index in [0.717, 1.165) is 36.2 Å². The van der Waals surface area contributed by atoms with Crippen LogP contribution in [0.4, 0.5) is 5.69 Å². The normalized spacial score (nSPS) is 10.3. The monoisotopic (exact) mass is 271 g/mol. The van der Waals surface area contributed by atoms with Gasteiger partial charge in [-0.25, -0.2) is 0 Å². The first-order valence-electron chi connectivity index (χ1n) is 5.23. The average Bonchev–Trinajstić information content (AvgIpc) is 2.20. The van der Waals surface area contributed by atoms with E-state index in [4.69, 9.17) is 4.74 Å². The predicted octanol–water partition coefficient (Wildman–Crippen LogP) is 3.60. The molecular weight excluding hydrogens is 254 g/mol. The standard InChI is InChI=1S/C12H18BrNO/c1-10-5-6-12(11(13)9-10)14-7-3-4-8-15-2/h5-6,9,14H,3-4,7-8H2,1-2H3. The molecule has 1 aromatic carbocycles. The van der Waals surface area contributed by atoms with Gasteiger partial charge in [0.25, 0.3) is 0 Å². The van der Waals surface area contributed by atoms with E-state index < -0.39 is 0 Å². The molecular formula is C12H18BrNO. The molecule has 84 valence electrons. The zero-order valence-corrected chi connectivity index (χ0v) is 10.9. The van der Waals surface area contributed by atoms with Gasteiger partial charge < -0.3 is 10.1 Å². The fraction of sp³-hybridized carbons (Fsp3) is 0.500. The predicted molar refractivity (Wildman–Crippen MR) is 68.5 cm³/mol. The minimum Gasteiger partial charge on any atom is -0.385 e. The van der Waals surface area contributed by atoms with Gasteiger partial charge in [-0.05, 0) is 53.4 Å². The number of rotatable bonds is 6. The van der Waals surface area contributed by atoms with Gasteiger partial charge in [0.1, 0.15) is 0 Å². The molecule has 0 radical (unpaired) electrons. The first-order chi connectivity index (χ1) is 7.24. The summed E-state index contributed by atoms with van der Waals surface area (Å²) >= 11 is 3.54. The molecule has 0 atom stereocenters. The van der Waals surface area contributed by atoms with E-state index in [9.17, 15) is 0 Å². The lowest BCUT2D eigenvalue weighted by atomic mass is 10.2. The van der Waals surface area contributed by atoms with Crippen molar-refractivity contribution < 1.29 is 4.74 Å². The molecule has 0 saturated carbocycles. The van der Waals surface area contributed by atoms with Crippen LogP contribution in [0.5, 0.6) is 0 Å². The van der Waals surface area contributed by atoms with Crippen molar-refractivity contribution in [3.63, 3.8) is 0 Å². The summed E-state index contributed by atoms with van der Waals surface area (Å²) in [4.78, 5) is 0. The topological polar surface area (TPSA) is 21.3 Å². The van der Waals surface area contributed by atoms with Gasteiger partial charge in [0.05, 0.1) is 0 Å². The molecule has 0 saturated heterocycles. The summed E-state index contributed by atoms with van der Waals surface area (Å²) in [5, 5.41) is 3.40. The van der Waals surface area contributed by atoms with Crippen molar-refractivity contribution in [3.05, 3.63) is 28.2 Å². The summed E-state index contributed by atoms with van der Waals surface area (Å²) in [7, 11) is 1.74. The van der Waals surface area contributed by atoms with Crippen LogP contribution in [0.2, 0.25) is 0 Å². The van der Waals surface area contributed by atoms with Crippen LogP contribution in [0.3, 0.4) is 0 Å². The number of nitrogens with one attached hydrogen (secondary N) is 1. The van der Waals surface area contributed by atoms with Crippen LogP contribution in [0.15, 0.2) is 22.7 Å². The molecule has 0 aliphatic rings. The van der Waals surface area contributed by atoms with Gasteiger partial charge in [-0.2, -0.15) is 0 Å². The fourth-order valence-corrected chi connectivity index (χ4v) is 1.99. The highest BCUT2D eigenvalue weighted by Gasteiger charge is 1.98. The highest BCUT2D eigenvalue weighted by molar-refractivity contribution is 9.10. The lowest BCUT2D eigenvalue weighted by molar-refractivity contribution is 0.194. The van der Waals surface area contributed by atoms with Crippen LogP contribution in [0, 0.1) is 6.92 Å². The Bertz CT molecular complexity index is 302. The zero-order chi connectivity index (χ0) is 11.1. The van der Waals surface area contributed by atoms with Crippen LogP contribution in [0.25, 0.3) is 0 Å². The van der Waals surface area contributed by atoms with Crippen molar-refractivity contribution in [3.8, 4) is 0 Å². The van der Waals surface area contributed by atoms with Crippen LogP contribution < -0.4 is 5.32 Å². The Labute approximate surface area is 100 Å². The van der Waals surface area contributed by atoms with E-state index in [1.54, 1.807) is 7.11 Å². The number of anilines is 1. The molecule has 0 amide bonds. The number of ether oxygens (including phenoxy) is 1. The minimum atomic E-state index is 0.844. The van der Waals surface area contributed by atoms with Crippen molar-refractivity contribution in [1.82, 2.24) is 0 Å². The third kappa shape index (κ3) is 4.67. The first kappa shape index (κ1) is 12.5. The summed E-state index contributed by atoms with van der Waals surface area (Å²) in [6, 6.07) is 6.34. The Morgan fingerprint density at radius 3 is 2.80 bits per heavy atom. The third-order valence-corrected chi connectivity index (χ3v) is 2.87. The Hall–Kier alpha value is -0.540. The highest BCUT2D eigenvalue weighted by atomic mass is 79.9. The zero-order valence-electron chi connectivity index (χ0n) is 9.35. The number of halogens is 1. The summed E-state index contributed by atoms with van der Waals surface area (Å²) in [6.45, 7) is 3.93. The summed E-state index contributed by atoms with van der Waals surface area (Å²) in [5.41, 5.74) is 2.44. The maximum Gasteiger partial charge on any atom is 0.0484 e. The molecule has 1 rings (SSSR count). The Morgan fingerprint density at radius 2 is 2.13 bits per heavy atom. The second kappa shape index (κ2) is 6.85. The van der Waals surface area contributed by atoms with Gasteiger partial charge in [0.2, 0.25) is 0 Å². The smallest absolute Gasteiger partial charge is 0.0484 e. The Balaban J connectivity index is 2.31. The molecule has 0 fully saturated rings. The average molecular weight is 272 g/mol. The number of benzene rings is 1. The van der Waals surface area contributed by atoms with Crippen molar-refractivity contribution in [2.24, 2.45) is 0 Å². The fourth-order valence-electron chi connectivity index (χ4n) is 1.36. The van der Waals surface area contributed by atoms with Crippen molar-refractivity contribution >= 4 is 21.6 Å². The van der Waals surface area contributed by atoms with Crippen LogP contribution >= 0.6 is 15.9 Å². The Kier molecular flexibility index (Phi) is 5.73. The molecule has 0 unspecified atom stereocenters. The largest absolute Gasteiger partial charge is 0.385 e. The van der Waals surface area contributed by atoms with E-state index in [2.05, 4.69) is 46.4 Å². The number of aryl methyl sites for hydroxylation is 1. The Morgan fingerprint density at radius 1 is 1.33 bits per heavy atom. The molecule has 1 N–H and O–H groups in total. The number of hydrogen-bond acceptors (Lipinski definition) is 2. The van der Waals surface area contributed by atoms with Gasteiger partial charge in [-0.3, -0.25) is 0 Å². The quantitative estimate of drug-likeness (QED) is 0.799. The summed E-state index contributed by atoms with van der Waals surface area (Å²) in [6.07, 6.45) is 2.24. The first-order valence-corrected chi connectivity index (χ1v) is 6.02. The van der Waals surface area contributed by atoms with Gasteiger partial charge in [0.15, 0.2) is 0 Å². The summed E-state index contributed by atoms with van der Waals surface area (Å²) < 4.78 is 6.13. The van der Waals surface area contributed by atoms with Gasteiger partial charge in [-0.1, -0.05) is 6.07 Å². The highest BCUT2D eigenvalue weighted by Crippen LogP contribution is 2.23.